The Morgan fingerprint density at radius 1 is 1.10 bits per heavy atom. The van der Waals surface area contributed by atoms with Crippen LogP contribution in [0.3, 0.4) is 0 Å². The molecular formula is C23H25N3O3. The number of anilines is 1. The van der Waals surface area contributed by atoms with E-state index in [4.69, 9.17) is 9.73 Å². The van der Waals surface area contributed by atoms with E-state index in [1.807, 2.05) is 49.4 Å². The minimum Gasteiger partial charge on any atom is -0.494 e. The fourth-order valence-electron chi connectivity index (χ4n) is 4.10. The number of carbonyl (C=O) groups is 2. The number of ether oxygens (including phenoxy) is 1. The van der Waals surface area contributed by atoms with Crippen molar-refractivity contribution in [3.63, 3.8) is 0 Å². The standard InChI is InChI=1S/C23H25N3O3/c1-2-29-19-12-10-18(11-13-19)24-20(27)16-26-22(28)21(17-8-4-3-5-9-17)25-23(26)14-6-7-15-23/h3-5,8-13H,2,6-7,14-16H2,1H3,(H,24,27). The molecule has 2 aromatic carbocycles. The lowest BCUT2D eigenvalue weighted by Crippen LogP contribution is -2.48. The molecule has 1 fully saturated rings. The molecule has 150 valence electrons. The first kappa shape index (κ1) is 19.2. The number of hydrogen-bond acceptors (Lipinski definition) is 4. The van der Waals surface area contributed by atoms with Crippen molar-refractivity contribution in [2.75, 3.05) is 18.5 Å². The van der Waals surface area contributed by atoms with Crippen LogP contribution in [0.2, 0.25) is 0 Å². The predicted molar refractivity (Wildman–Crippen MR) is 112 cm³/mol. The highest BCUT2D eigenvalue weighted by atomic mass is 16.5. The highest BCUT2D eigenvalue weighted by Gasteiger charge is 2.49. The van der Waals surface area contributed by atoms with Gasteiger partial charge in [-0.05, 0) is 56.9 Å². The molecule has 1 saturated carbocycles. The summed E-state index contributed by atoms with van der Waals surface area (Å²) >= 11 is 0. The van der Waals surface area contributed by atoms with Gasteiger partial charge in [0.15, 0.2) is 0 Å². The third kappa shape index (κ3) is 3.88. The van der Waals surface area contributed by atoms with Gasteiger partial charge in [0.1, 0.15) is 23.7 Å². The fourth-order valence-corrected chi connectivity index (χ4v) is 4.10. The molecule has 0 saturated heterocycles. The van der Waals surface area contributed by atoms with Gasteiger partial charge in [-0.3, -0.25) is 14.6 Å². The summed E-state index contributed by atoms with van der Waals surface area (Å²) in [6, 6.07) is 16.7. The molecule has 1 spiro atoms. The van der Waals surface area contributed by atoms with Crippen LogP contribution in [0.25, 0.3) is 0 Å². The van der Waals surface area contributed by atoms with Gasteiger partial charge in [-0.2, -0.15) is 0 Å². The quantitative estimate of drug-likeness (QED) is 0.817. The predicted octanol–water partition coefficient (Wildman–Crippen LogP) is 3.63. The Hall–Kier alpha value is -3.15. The molecule has 6 heteroatoms. The Kier molecular flexibility index (Phi) is 5.34. The summed E-state index contributed by atoms with van der Waals surface area (Å²) in [7, 11) is 0. The summed E-state index contributed by atoms with van der Waals surface area (Å²) in [6.45, 7) is 2.51. The van der Waals surface area contributed by atoms with Crippen LogP contribution in [0.5, 0.6) is 5.75 Å². The number of rotatable bonds is 6. The normalized spacial score (nSPS) is 17.5. The number of aliphatic imine (C=N–C) groups is 1. The number of nitrogens with zero attached hydrogens (tertiary/aromatic N) is 2. The van der Waals surface area contributed by atoms with E-state index in [9.17, 15) is 9.59 Å². The van der Waals surface area contributed by atoms with Crippen LogP contribution in [-0.2, 0) is 9.59 Å². The van der Waals surface area contributed by atoms with Crippen molar-refractivity contribution in [2.24, 2.45) is 4.99 Å². The second-order valence-electron chi connectivity index (χ2n) is 7.41. The van der Waals surface area contributed by atoms with Crippen molar-refractivity contribution in [2.45, 2.75) is 38.3 Å². The average Bonchev–Trinajstić information content (AvgIpc) is 3.31. The molecule has 0 bridgehead atoms. The summed E-state index contributed by atoms with van der Waals surface area (Å²) in [5.74, 6) is 0.365. The summed E-state index contributed by atoms with van der Waals surface area (Å²) in [5.41, 5.74) is 1.35. The summed E-state index contributed by atoms with van der Waals surface area (Å²) in [6.07, 6.45) is 3.61. The van der Waals surface area contributed by atoms with Crippen LogP contribution in [0, 0.1) is 0 Å². The molecule has 1 aliphatic heterocycles. The van der Waals surface area contributed by atoms with E-state index >= 15 is 0 Å². The van der Waals surface area contributed by atoms with Crippen molar-refractivity contribution >= 4 is 23.2 Å². The van der Waals surface area contributed by atoms with E-state index in [-0.39, 0.29) is 18.4 Å². The molecule has 0 radical (unpaired) electrons. The molecular weight excluding hydrogens is 366 g/mol. The first-order valence-corrected chi connectivity index (χ1v) is 10.1. The van der Waals surface area contributed by atoms with Gasteiger partial charge in [-0.25, -0.2) is 0 Å². The fraction of sp³-hybridized carbons (Fsp3) is 0.348. The van der Waals surface area contributed by atoms with E-state index in [1.54, 1.807) is 17.0 Å². The van der Waals surface area contributed by atoms with Crippen LogP contribution >= 0.6 is 0 Å². The molecule has 6 nitrogen and oxygen atoms in total. The highest BCUT2D eigenvalue weighted by Crippen LogP contribution is 2.40. The first-order valence-electron chi connectivity index (χ1n) is 10.1. The third-order valence-electron chi connectivity index (χ3n) is 5.47. The van der Waals surface area contributed by atoms with Gasteiger partial charge in [0, 0.05) is 11.3 Å². The summed E-state index contributed by atoms with van der Waals surface area (Å²) < 4.78 is 5.42. The lowest BCUT2D eigenvalue weighted by molar-refractivity contribution is -0.132. The zero-order valence-corrected chi connectivity index (χ0v) is 16.6. The molecule has 0 aromatic heterocycles. The molecule has 1 aliphatic carbocycles. The number of nitrogens with one attached hydrogen (secondary N) is 1. The molecule has 1 heterocycles. The summed E-state index contributed by atoms with van der Waals surface area (Å²) in [4.78, 5) is 32.4. The Balaban J connectivity index is 1.50. The van der Waals surface area contributed by atoms with Crippen molar-refractivity contribution in [1.29, 1.82) is 0 Å². The minimum absolute atomic E-state index is 0.00806. The molecule has 2 aliphatic rings. The summed E-state index contributed by atoms with van der Waals surface area (Å²) in [5, 5.41) is 2.88. The lowest BCUT2D eigenvalue weighted by atomic mass is 10.1. The van der Waals surface area contributed by atoms with Gasteiger partial charge in [0.25, 0.3) is 5.91 Å². The van der Waals surface area contributed by atoms with Crippen molar-refractivity contribution < 1.29 is 14.3 Å². The highest BCUT2D eigenvalue weighted by molar-refractivity contribution is 6.47. The Bertz CT molecular complexity index is 916. The van der Waals surface area contributed by atoms with Gasteiger partial charge >= 0.3 is 0 Å². The number of amides is 2. The van der Waals surface area contributed by atoms with Crippen LogP contribution in [0.15, 0.2) is 59.6 Å². The molecule has 29 heavy (non-hydrogen) atoms. The number of carbonyl (C=O) groups excluding carboxylic acids is 2. The van der Waals surface area contributed by atoms with Crippen LogP contribution in [0.1, 0.15) is 38.2 Å². The zero-order chi connectivity index (χ0) is 20.3. The molecule has 2 aromatic rings. The van der Waals surface area contributed by atoms with Gasteiger partial charge in [-0.1, -0.05) is 30.3 Å². The van der Waals surface area contributed by atoms with Crippen molar-refractivity contribution in [3.05, 3.63) is 60.2 Å². The Labute approximate surface area is 170 Å². The minimum atomic E-state index is -0.585. The van der Waals surface area contributed by atoms with E-state index in [0.29, 0.717) is 18.0 Å². The van der Waals surface area contributed by atoms with E-state index in [0.717, 1.165) is 37.0 Å². The van der Waals surface area contributed by atoms with Crippen molar-refractivity contribution in [1.82, 2.24) is 4.90 Å². The monoisotopic (exact) mass is 391 g/mol. The second-order valence-corrected chi connectivity index (χ2v) is 7.41. The van der Waals surface area contributed by atoms with Crippen LogP contribution in [0.4, 0.5) is 5.69 Å². The lowest BCUT2D eigenvalue weighted by Gasteiger charge is -2.32. The SMILES string of the molecule is CCOc1ccc(NC(=O)CN2C(=O)C(c3ccccc3)=NC23CCCC3)cc1. The van der Waals surface area contributed by atoms with Gasteiger partial charge < -0.3 is 15.0 Å². The Morgan fingerprint density at radius 3 is 2.45 bits per heavy atom. The van der Waals surface area contributed by atoms with E-state index in [2.05, 4.69) is 5.32 Å². The first-order chi connectivity index (χ1) is 14.1. The van der Waals surface area contributed by atoms with E-state index in [1.165, 1.54) is 0 Å². The van der Waals surface area contributed by atoms with Gasteiger partial charge in [0.05, 0.1) is 6.61 Å². The van der Waals surface area contributed by atoms with Crippen molar-refractivity contribution in [3.8, 4) is 5.75 Å². The second kappa shape index (κ2) is 8.07. The molecule has 4 rings (SSSR count). The molecule has 0 atom stereocenters. The molecule has 0 unspecified atom stereocenters. The number of hydrogen-bond donors (Lipinski definition) is 1. The maximum absolute atomic E-state index is 13.2. The molecule has 1 N–H and O–H groups in total. The van der Waals surface area contributed by atoms with E-state index < -0.39 is 5.66 Å². The average molecular weight is 391 g/mol. The maximum atomic E-state index is 13.2. The maximum Gasteiger partial charge on any atom is 0.275 e. The van der Waals surface area contributed by atoms with Gasteiger partial charge in [-0.15, -0.1) is 0 Å². The van der Waals surface area contributed by atoms with Crippen LogP contribution in [-0.4, -0.2) is 41.2 Å². The number of benzene rings is 2. The largest absolute Gasteiger partial charge is 0.494 e. The Morgan fingerprint density at radius 2 is 1.79 bits per heavy atom. The zero-order valence-electron chi connectivity index (χ0n) is 16.6. The topological polar surface area (TPSA) is 71.0 Å². The smallest absolute Gasteiger partial charge is 0.275 e. The van der Waals surface area contributed by atoms with Gasteiger partial charge in [0.2, 0.25) is 5.91 Å². The third-order valence-corrected chi connectivity index (χ3v) is 5.47. The van der Waals surface area contributed by atoms with Crippen LogP contribution < -0.4 is 10.1 Å². The molecule has 2 amide bonds.